The molecule has 0 aliphatic carbocycles. The van der Waals surface area contributed by atoms with Crippen LogP contribution < -0.4 is 4.72 Å². The number of nitrogens with zero attached hydrogens (tertiary/aromatic N) is 3. The number of hydrogen-bond donors (Lipinski definition) is 2. The van der Waals surface area contributed by atoms with E-state index in [4.69, 9.17) is 11.6 Å². The lowest BCUT2D eigenvalue weighted by Gasteiger charge is -2.32. The molecule has 2 aromatic carbocycles. The van der Waals surface area contributed by atoms with Crippen LogP contribution in [0.5, 0.6) is 0 Å². The molecule has 0 saturated carbocycles. The van der Waals surface area contributed by atoms with Crippen LogP contribution in [0.1, 0.15) is 29.5 Å². The zero-order valence-electron chi connectivity index (χ0n) is 20.5. The van der Waals surface area contributed by atoms with Gasteiger partial charge in [0.05, 0.1) is 28.4 Å². The molecule has 0 atom stereocenters. The summed E-state index contributed by atoms with van der Waals surface area (Å²) in [5.41, 5.74) is 0.854. The number of sulfonamides is 1. The highest BCUT2D eigenvalue weighted by atomic mass is 35.5. The number of aromatic nitrogens is 2. The standard InChI is InChI=1S/C25H23ClF3N5O3S2/c1-39(36,37)33-18-6-8-34(9-7-18)24-31-23(35)22(38-24)19(14-3-5-21-16(10-14)13-30-32-21)11-15-2-4-17(26)12-20(15)25(27,28)29/h2-5,10,12-13,18,33H,6-9,11H2,1H3,(H,30,32). The smallest absolute Gasteiger partial charge is 0.351 e. The summed E-state index contributed by atoms with van der Waals surface area (Å²) < 4.78 is 67.5. The summed E-state index contributed by atoms with van der Waals surface area (Å²) in [6.07, 6.45) is -1.03. The molecule has 14 heteroatoms. The van der Waals surface area contributed by atoms with E-state index in [-0.39, 0.29) is 28.0 Å². The molecular weight excluding hydrogens is 575 g/mol. The van der Waals surface area contributed by atoms with Gasteiger partial charge in [-0.25, -0.2) is 13.1 Å². The number of piperidine rings is 1. The van der Waals surface area contributed by atoms with Crippen molar-refractivity contribution in [2.75, 3.05) is 19.3 Å². The predicted molar refractivity (Wildman–Crippen MR) is 146 cm³/mol. The lowest BCUT2D eigenvalue weighted by Crippen LogP contribution is -2.45. The maximum atomic E-state index is 13.9. The predicted octanol–water partition coefficient (Wildman–Crippen LogP) is 4.83. The Morgan fingerprint density at radius 1 is 1.21 bits per heavy atom. The van der Waals surface area contributed by atoms with E-state index in [1.54, 1.807) is 24.4 Å². The van der Waals surface area contributed by atoms with E-state index in [9.17, 15) is 26.4 Å². The Labute approximate surface area is 231 Å². The fourth-order valence-electron chi connectivity index (χ4n) is 4.71. The lowest BCUT2D eigenvalue weighted by atomic mass is 9.93. The van der Waals surface area contributed by atoms with Crippen LogP contribution in [-0.4, -0.2) is 60.0 Å². The first-order valence-corrected chi connectivity index (χ1v) is 15.0. The molecule has 5 rings (SSSR count). The Hall–Kier alpha value is -2.87. The van der Waals surface area contributed by atoms with E-state index < -0.39 is 27.7 Å². The van der Waals surface area contributed by atoms with Crippen LogP contribution in [0, 0.1) is 0 Å². The molecule has 1 saturated heterocycles. The Bertz CT molecular complexity index is 1610. The number of carbonyl (C=O) groups is 1. The van der Waals surface area contributed by atoms with Gasteiger partial charge in [0.1, 0.15) is 0 Å². The van der Waals surface area contributed by atoms with Crippen molar-refractivity contribution in [3.8, 4) is 0 Å². The van der Waals surface area contributed by atoms with E-state index in [0.29, 0.717) is 42.2 Å². The van der Waals surface area contributed by atoms with Crippen LogP contribution in [0.25, 0.3) is 16.5 Å². The van der Waals surface area contributed by atoms with Crippen LogP contribution in [0.2, 0.25) is 5.02 Å². The second kappa shape index (κ2) is 10.6. The van der Waals surface area contributed by atoms with Crippen molar-refractivity contribution in [1.29, 1.82) is 0 Å². The third-order valence-corrected chi connectivity index (χ3v) is 8.69. The summed E-state index contributed by atoms with van der Waals surface area (Å²) in [6, 6.07) is 8.67. The van der Waals surface area contributed by atoms with Crippen LogP contribution in [0.3, 0.4) is 0 Å². The first-order valence-electron chi connectivity index (χ1n) is 11.9. The minimum Gasteiger partial charge on any atom is -0.351 e. The van der Waals surface area contributed by atoms with Gasteiger partial charge in [-0.05, 0) is 72.0 Å². The number of rotatable bonds is 5. The third kappa shape index (κ3) is 6.32. The number of amides is 1. The number of likely N-dealkylation sites (tertiary alicyclic amines) is 1. The summed E-state index contributed by atoms with van der Waals surface area (Å²) in [5, 5.41) is 8.00. The van der Waals surface area contributed by atoms with E-state index in [0.717, 1.165) is 35.0 Å². The maximum Gasteiger partial charge on any atom is 0.416 e. The van der Waals surface area contributed by atoms with Crippen molar-refractivity contribution in [3.05, 3.63) is 69.2 Å². The quantitative estimate of drug-likeness (QED) is 0.408. The van der Waals surface area contributed by atoms with Gasteiger partial charge in [-0.3, -0.25) is 9.89 Å². The van der Waals surface area contributed by atoms with Crippen molar-refractivity contribution in [2.45, 2.75) is 31.5 Å². The van der Waals surface area contributed by atoms with Gasteiger partial charge in [0.15, 0.2) is 5.17 Å². The Morgan fingerprint density at radius 2 is 1.95 bits per heavy atom. The monoisotopic (exact) mass is 597 g/mol. The topological polar surface area (TPSA) is 108 Å². The fourth-order valence-corrected chi connectivity index (χ4v) is 6.80. The summed E-state index contributed by atoms with van der Waals surface area (Å²) in [6.45, 7) is 0.955. The minimum absolute atomic E-state index is 0.0174. The van der Waals surface area contributed by atoms with Crippen molar-refractivity contribution in [3.63, 3.8) is 0 Å². The average Bonchev–Trinajstić information content (AvgIpc) is 3.48. The molecule has 3 heterocycles. The first kappa shape index (κ1) is 27.7. The van der Waals surface area contributed by atoms with E-state index in [2.05, 4.69) is 19.9 Å². The van der Waals surface area contributed by atoms with Crippen molar-refractivity contribution >= 4 is 60.9 Å². The Morgan fingerprint density at radius 3 is 2.64 bits per heavy atom. The van der Waals surface area contributed by atoms with E-state index in [1.807, 2.05) is 4.90 Å². The van der Waals surface area contributed by atoms with Crippen molar-refractivity contribution < 1.29 is 26.4 Å². The second-order valence-corrected chi connectivity index (χ2v) is 12.6. The third-order valence-electron chi connectivity index (χ3n) is 6.54. The van der Waals surface area contributed by atoms with Gasteiger partial charge in [-0.1, -0.05) is 23.7 Å². The molecular formula is C25H23ClF3N5O3S2. The lowest BCUT2D eigenvalue weighted by molar-refractivity contribution is -0.138. The number of aromatic amines is 1. The molecule has 1 fully saturated rings. The zero-order valence-corrected chi connectivity index (χ0v) is 22.9. The molecule has 0 bridgehead atoms. The molecule has 1 aromatic heterocycles. The molecule has 206 valence electrons. The number of halogens is 4. The molecule has 3 aromatic rings. The number of amidine groups is 1. The van der Waals surface area contributed by atoms with Crippen LogP contribution >= 0.6 is 23.4 Å². The number of fused-ring (bicyclic) bond motifs is 1. The van der Waals surface area contributed by atoms with Gasteiger partial charge in [0.2, 0.25) is 10.0 Å². The number of benzene rings is 2. The van der Waals surface area contributed by atoms with Gasteiger partial charge in [-0.2, -0.15) is 23.3 Å². The number of H-pyrrole nitrogens is 1. The molecule has 1 amide bonds. The van der Waals surface area contributed by atoms with E-state index >= 15 is 0 Å². The number of aliphatic imine (C=N–C) groups is 1. The minimum atomic E-state index is -4.64. The highest BCUT2D eigenvalue weighted by molar-refractivity contribution is 8.18. The van der Waals surface area contributed by atoms with Crippen LogP contribution in [0.4, 0.5) is 13.2 Å². The number of alkyl halides is 3. The molecule has 0 spiro atoms. The van der Waals surface area contributed by atoms with Gasteiger partial charge < -0.3 is 4.90 Å². The molecule has 39 heavy (non-hydrogen) atoms. The average molecular weight is 598 g/mol. The largest absolute Gasteiger partial charge is 0.416 e. The Balaban J connectivity index is 1.49. The second-order valence-electron chi connectivity index (χ2n) is 9.41. The van der Waals surface area contributed by atoms with Gasteiger partial charge in [0.25, 0.3) is 5.91 Å². The highest BCUT2D eigenvalue weighted by Gasteiger charge is 2.36. The van der Waals surface area contributed by atoms with E-state index in [1.165, 1.54) is 12.1 Å². The van der Waals surface area contributed by atoms with Crippen molar-refractivity contribution in [1.82, 2.24) is 19.8 Å². The summed E-state index contributed by atoms with van der Waals surface area (Å²) in [5.74, 6) is -0.531. The first-order chi connectivity index (χ1) is 18.4. The summed E-state index contributed by atoms with van der Waals surface area (Å²) in [4.78, 5) is 19.6. The normalized spacial score (nSPS) is 18.6. The number of carbonyl (C=O) groups excluding carboxylic acids is 1. The fraction of sp³-hybridized carbons (Fsp3) is 0.320. The molecule has 0 radical (unpaired) electrons. The molecule has 2 N–H and O–H groups in total. The van der Waals surface area contributed by atoms with Crippen LogP contribution in [0.15, 0.2) is 52.5 Å². The number of allylic oxidation sites excluding steroid dienone is 1. The molecule has 2 aliphatic rings. The summed E-state index contributed by atoms with van der Waals surface area (Å²) >= 11 is 7.01. The number of nitrogens with one attached hydrogen (secondary N) is 2. The maximum absolute atomic E-state index is 13.9. The number of hydrogen-bond acceptors (Lipinski definition) is 6. The molecule has 0 unspecified atom stereocenters. The van der Waals surface area contributed by atoms with Crippen LogP contribution in [-0.2, 0) is 27.4 Å². The van der Waals surface area contributed by atoms with Gasteiger partial charge in [-0.15, -0.1) is 0 Å². The molecule has 8 nitrogen and oxygen atoms in total. The number of thioether (sulfide) groups is 1. The highest BCUT2D eigenvalue weighted by Crippen LogP contribution is 2.41. The Kier molecular flexibility index (Phi) is 7.53. The van der Waals surface area contributed by atoms with Crippen molar-refractivity contribution in [2.24, 2.45) is 4.99 Å². The zero-order chi connectivity index (χ0) is 27.9. The summed E-state index contributed by atoms with van der Waals surface area (Å²) in [7, 11) is -3.34. The molecule has 2 aliphatic heterocycles. The van der Waals surface area contributed by atoms with Gasteiger partial charge in [0, 0.05) is 29.5 Å². The SMILES string of the molecule is CS(=O)(=O)NC1CCN(C2=NC(=O)C(=C(Cc3ccc(Cl)cc3C(F)(F)F)c3ccc4[nH]ncc4c3)S2)CC1. The van der Waals surface area contributed by atoms with Gasteiger partial charge >= 0.3 is 6.18 Å².